The molecular formula is C15H17FN2O. The zero-order valence-electron chi connectivity index (χ0n) is 11.0. The second-order valence-corrected chi connectivity index (χ2v) is 5.02. The average molecular weight is 260 g/mol. The molecule has 0 saturated carbocycles. The van der Waals surface area contributed by atoms with E-state index in [9.17, 15) is 9.18 Å². The van der Waals surface area contributed by atoms with E-state index in [1.807, 2.05) is 6.07 Å². The number of ketones is 1. The summed E-state index contributed by atoms with van der Waals surface area (Å²) in [4.78, 5) is 13.7. The van der Waals surface area contributed by atoms with Crippen LogP contribution in [0.15, 0.2) is 18.2 Å². The molecule has 4 heteroatoms. The van der Waals surface area contributed by atoms with Gasteiger partial charge in [0.25, 0.3) is 0 Å². The fraction of sp³-hybridized carbons (Fsp3) is 0.467. The second kappa shape index (κ2) is 5.94. The van der Waals surface area contributed by atoms with Crippen LogP contribution in [-0.4, -0.2) is 23.3 Å². The van der Waals surface area contributed by atoms with Crippen molar-refractivity contribution in [2.24, 2.45) is 0 Å². The normalized spacial score (nSPS) is 19.9. The third-order valence-electron chi connectivity index (χ3n) is 3.62. The minimum atomic E-state index is -0.493. The number of hydrogen-bond acceptors (Lipinski definition) is 3. The Hall–Kier alpha value is -1.73. The number of hydrogen-bond donors (Lipinski definition) is 0. The van der Waals surface area contributed by atoms with Crippen molar-refractivity contribution in [1.82, 2.24) is 4.90 Å². The molecule has 1 heterocycles. The predicted octanol–water partition coefficient (Wildman–Crippen LogP) is 2.64. The predicted molar refractivity (Wildman–Crippen MR) is 69.8 cm³/mol. The van der Waals surface area contributed by atoms with Crippen molar-refractivity contribution in [3.8, 4) is 6.07 Å². The number of piperidine rings is 1. The maximum Gasteiger partial charge on any atom is 0.146 e. The van der Waals surface area contributed by atoms with E-state index in [0.29, 0.717) is 6.54 Å². The van der Waals surface area contributed by atoms with Gasteiger partial charge in [0, 0.05) is 6.54 Å². The molecule has 1 aliphatic rings. The van der Waals surface area contributed by atoms with Crippen molar-refractivity contribution in [2.75, 3.05) is 6.54 Å². The van der Waals surface area contributed by atoms with E-state index < -0.39 is 5.82 Å². The Kier molecular flexibility index (Phi) is 4.28. The smallest absolute Gasteiger partial charge is 0.146 e. The molecular weight excluding hydrogens is 243 g/mol. The maximum absolute atomic E-state index is 13.3. The molecule has 0 spiro atoms. The summed E-state index contributed by atoms with van der Waals surface area (Å²) in [6.07, 6.45) is 3.05. The highest BCUT2D eigenvalue weighted by atomic mass is 19.1. The first-order chi connectivity index (χ1) is 9.11. The zero-order chi connectivity index (χ0) is 13.8. The first-order valence-corrected chi connectivity index (χ1v) is 6.55. The number of Topliss-reactive ketones (excluding diaryl/α,β-unsaturated/α-hetero) is 1. The molecule has 0 amide bonds. The van der Waals surface area contributed by atoms with Gasteiger partial charge < -0.3 is 0 Å². The summed E-state index contributed by atoms with van der Waals surface area (Å²) in [7, 11) is 0. The molecule has 0 bridgehead atoms. The highest BCUT2D eigenvalue weighted by Gasteiger charge is 2.25. The van der Waals surface area contributed by atoms with Crippen LogP contribution in [0, 0.1) is 17.1 Å². The summed E-state index contributed by atoms with van der Waals surface area (Å²) in [6, 6.07) is 6.38. The molecule has 1 aliphatic heterocycles. The first kappa shape index (κ1) is 13.7. The number of nitriles is 1. The zero-order valence-corrected chi connectivity index (χ0v) is 11.0. The molecule has 2 rings (SSSR count). The fourth-order valence-electron chi connectivity index (χ4n) is 2.63. The lowest BCUT2D eigenvalue weighted by atomic mass is 9.98. The number of carbonyl (C=O) groups excluding carboxylic acids is 1. The summed E-state index contributed by atoms with van der Waals surface area (Å²) in [5.41, 5.74) is 0.944. The van der Waals surface area contributed by atoms with E-state index in [1.165, 1.54) is 6.07 Å². The van der Waals surface area contributed by atoms with Crippen molar-refractivity contribution in [2.45, 2.75) is 38.8 Å². The Balaban J connectivity index is 2.15. The van der Waals surface area contributed by atoms with Gasteiger partial charge in [0.1, 0.15) is 17.7 Å². The molecule has 0 radical (unpaired) electrons. The van der Waals surface area contributed by atoms with Crippen molar-refractivity contribution in [3.05, 3.63) is 35.1 Å². The lowest BCUT2D eigenvalue weighted by Crippen LogP contribution is -2.43. The summed E-state index contributed by atoms with van der Waals surface area (Å²) in [5.74, 6) is -0.310. The molecule has 1 fully saturated rings. The highest BCUT2D eigenvalue weighted by molar-refractivity contribution is 5.81. The average Bonchev–Trinajstić information content (AvgIpc) is 2.41. The van der Waals surface area contributed by atoms with Gasteiger partial charge in [-0.15, -0.1) is 0 Å². The van der Waals surface area contributed by atoms with Gasteiger partial charge in [-0.05, 0) is 44.0 Å². The van der Waals surface area contributed by atoms with Crippen LogP contribution >= 0.6 is 0 Å². The highest BCUT2D eigenvalue weighted by Crippen LogP contribution is 2.21. The Morgan fingerprint density at radius 3 is 3.00 bits per heavy atom. The van der Waals surface area contributed by atoms with Gasteiger partial charge >= 0.3 is 0 Å². The van der Waals surface area contributed by atoms with Gasteiger partial charge in [0.05, 0.1) is 11.6 Å². The topological polar surface area (TPSA) is 44.1 Å². The van der Waals surface area contributed by atoms with Gasteiger partial charge in [0.15, 0.2) is 0 Å². The second-order valence-electron chi connectivity index (χ2n) is 5.02. The molecule has 1 atom stereocenters. The number of nitrogens with zero attached hydrogens (tertiary/aromatic N) is 2. The Bertz CT molecular complexity index is 521. The molecule has 100 valence electrons. The Morgan fingerprint density at radius 2 is 2.32 bits per heavy atom. The Morgan fingerprint density at radius 1 is 1.53 bits per heavy atom. The number of likely N-dealkylation sites (tertiary alicyclic amines) is 1. The number of carbonyl (C=O) groups is 1. The van der Waals surface area contributed by atoms with Crippen LogP contribution in [0.3, 0.4) is 0 Å². The quantitative estimate of drug-likeness (QED) is 0.839. The van der Waals surface area contributed by atoms with Crippen LogP contribution in [0.25, 0.3) is 0 Å². The standard InChI is InChI=1S/C15H17FN2O/c1-11(19)15-4-2-3-7-18(15)10-12-5-6-14(16)13(8-12)9-17/h5-6,8,15H,2-4,7,10H2,1H3. The minimum Gasteiger partial charge on any atom is -0.298 e. The van der Waals surface area contributed by atoms with Crippen molar-refractivity contribution in [1.29, 1.82) is 5.26 Å². The van der Waals surface area contributed by atoms with E-state index >= 15 is 0 Å². The van der Waals surface area contributed by atoms with Gasteiger partial charge in [0.2, 0.25) is 0 Å². The lowest BCUT2D eigenvalue weighted by molar-refractivity contribution is -0.123. The van der Waals surface area contributed by atoms with E-state index in [2.05, 4.69) is 4.90 Å². The molecule has 1 aromatic rings. The molecule has 0 N–H and O–H groups in total. The minimum absolute atomic E-state index is 0.0376. The largest absolute Gasteiger partial charge is 0.298 e. The molecule has 1 unspecified atom stereocenters. The van der Waals surface area contributed by atoms with Crippen molar-refractivity contribution in [3.63, 3.8) is 0 Å². The number of halogens is 1. The monoisotopic (exact) mass is 260 g/mol. The van der Waals surface area contributed by atoms with Crippen LogP contribution in [0.4, 0.5) is 4.39 Å². The van der Waals surface area contributed by atoms with Gasteiger partial charge in [-0.1, -0.05) is 12.5 Å². The van der Waals surface area contributed by atoms with Gasteiger partial charge in [-0.25, -0.2) is 4.39 Å². The summed E-state index contributed by atoms with van der Waals surface area (Å²) >= 11 is 0. The van der Waals surface area contributed by atoms with Crippen molar-refractivity contribution >= 4 is 5.78 Å². The van der Waals surface area contributed by atoms with E-state index in [1.54, 1.807) is 19.1 Å². The van der Waals surface area contributed by atoms with Gasteiger partial charge in [-0.3, -0.25) is 9.69 Å². The van der Waals surface area contributed by atoms with Crippen LogP contribution in [0.2, 0.25) is 0 Å². The SMILES string of the molecule is CC(=O)C1CCCCN1Cc1ccc(F)c(C#N)c1. The maximum atomic E-state index is 13.3. The lowest BCUT2D eigenvalue weighted by Gasteiger charge is -2.34. The summed E-state index contributed by atoms with van der Waals surface area (Å²) in [6.45, 7) is 3.09. The molecule has 19 heavy (non-hydrogen) atoms. The van der Waals surface area contributed by atoms with Gasteiger partial charge in [-0.2, -0.15) is 5.26 Å². The summed E-state index contributed by atoms with van der Waals surface area (Å²) in [5, 5.41) is 8.83. The van der Waals surface area contributed by atoms with E-state index in [-0.39, 0.29) is 17.4 Å². The van der Waals surface area contributed by atoms with E-state index in [0.717, 1.165) is 31.4 Å². The molecule has 3 nitrogen and oxygen atoms in total. The fourth-order valence-corrected chi connectivity index (χ4v) is 2.63. The third-order valence-corrected chi connectivity index (χ3v) is 3.62. The summed E-state index contributed by atoms with van der Waals surface area (Å²) < 4.78 is 13.3. The van der Waals surface area contributed by atoms with Crippen LogP contribution in [-0.2, 0) is 11.3 Å². The number of benzene rings is 1. The molecule has 1 saturated heterocycles. The van der Waals surface area contributed by atoms with Crippen molar-refractivity contribution < 1.29 is 9.18 Å². The van der Waals surface area contributed by atoms with Crippen LogP contribution in [0.5, 0.6) is 0 Å². The Labute approximate surface area is 112 Å². The molecule has 1 aromatic carbocycles. The number of rotatable bonds is 3. The van der Waals surface area contributed by atoms with Crippen LogP contribution < -0.4 is 0 Å². The first-order valence-electron chi connectivity index (χ1n) is 6.55. The van der Waals surface area contributed by atoms with E-state index in [4.69, 9.17) is 5.26 Å². The third kappa shape index (κ3) is 3.18. The molecule has 0 aromatic heterocycles. The molecule has 0 aliphatic carbocycles. The van der Waals surface area contributed by atoms with Crippen LogP contribution in [0.1, 0.15) is 37.3 Å².